The van der Waals surface area contributed by atoms with Gasteiger partial charge >= 0.3 is 5.97 Å². The maximum atomic E-state index is 13.0. The van der Waals surface area contributed by atoms with Crippen molar-refractivity contribution in [1.82, 2.24) is 20.6 Å². The maximum Gasteiger partial charge on any atom is 0.330 e. The van der Waals surface area contributed by atoms with Crippen LogP contribution in [0.5, 0.6) is 16.7 Å². The lowest BCUT2D eigenvalue weighted by atomic mass is 10.1. The van der Waals surface area contributed by atoms with Crippen LogP contribution in [0.2, 0.25) is 5.02 Å². The van der Waals surface area contributed by atoms with E-state index in [1.165, 1.54) is 63.5 Å². The van der Waals surface area contributed by atoms with Crippen molar-refractivity contribution in [3.8, 4) is 16.7 Å². The van der Waals surface area contributed by atoms with Crippen molar-refractivity contribution in [2.75, 3.05) is 13.7 Å². The van der Waals surface area contributed by atoms with Gasteiger partial charge in [0.1, 0.15) is 22.7 Å². The van der Waals surface area contributed by atoms with Crippen LogP contribution >= 0.6 is 22.9 Å². The second kappa shape index (κ2) is 13.8. The molecule has 12 heteroatoms. The fraction of sp³-hybridized carbons (Fsp3) is 0.367. The molecular weight excluding hydrogens is 580 g/mol. The van der Waals surface area contributed by atoms with Gasteiger partial charge in [0.2, 0.25) is 0 Å². The van der Waals surface area contributed by atoms with E-state index in [2.05, 4.69) is 20.6 Å². The van der Waals surface area contributed by atoms with Crippen LogP contribution in [-0.2, 0) is 9.53 Å². The summed E-state index contributed by atoms with van der Waals surface area (Å²) in [5.74, 6) is 0.268. The Bertz CT molecular complexity index is 1470. The molecule has 42 heavy (non-hydrogen) atoms. The molecule has 10 nitrogen and oxygen atoms in total. The highest BCUT2D eigenvalue weighted by Gasteiger charge is 2.31. The third kappa shape index (κ3) is 8.53. The van der Waals surface area contributed by atoms with Gasteiger partial charge in [0, 0.05) is 30.1 Å². The Hall–Kier alpha value is -3.96. The van der Waals surface area contributed by atoms with Crippen LogP contribution < -0.4 is 20.1 Å². The molecule has 4 rings (SSSR count). The number of rotatable bonds is 13. The van der Waals surface area contributed by atoms with E-state index in [4.69, 9.17) is 25.8 Å². The molecule has 2 aromatic heterocycles. The molecule has 0 unspecified atom stereocenters. The molecule has 0 radical (unpaired) electrons. The van der Waals surface area contributed by atoms with Crippen molar-refractivity contribution in [2.45, 2.75) is 51.6 Å². The number of halogens is 1. The molecule has 2 N–H and O–H groups in total. The average Bonchev–Trinajstić information content (AvgIpc) is 3.71. The van der Waals surface area contributed by atoms with Gasteiger partial charge in [-0.1, -0.05) is 35.9 Å². The third-order valence-electron chi connectivity index (χ3n) is 6.41. The maximum absolute atomic E-state index is 13.0. The molecule has 2 amide bonds. The SMILES string of the molecule is CC[C@@H](/C=C/c1cnc(Oc2ccc(OCC3CC3)cc2Cl)s1)NC(=O)c1ccnc(C(=O)NC(C)(C)C(=O)OC)c1. The molecule has 2 heterocycles. The summed E-state index contributed by atoms with van der Waals surface area (Å²) in [6.07, 6.45) is 9.82. The second-order valence-corrected chi connectivity index (χ2v) is 11.8. The van der Waals surface area contributed by atoms with Gasteiger partial charge in [0.25, 0.3) is 17.0 Å². The van der Waals surface area contributed by atoms with E-state index < -0.39 is 17.4 Å². The first-order valence-electron chi connectivity index (χ1n) is 13.5. The number of esters is 1. The first kappa shape index (κ1) is 31.0. The highest BCUT2D eigenvalue weighted by atomic mass is 35.5. The van der Waals surface area contributed by atoms with Crippen LogP contribution in [0.4, 0.5) is 0 Å². The minimum absolute atomic E-state index is 0.000866. The van der Waals surface area contributed by atoms with Crippen molar-refractivity contribution >= 4 is 46.8 Å². The van der Waals surface area contributed by atoms with Gasteiger partial charge in [-0.25, -0.2) is 9.78 Å². The van der Waals surface area contributed by atoms with Gasteiger partial charge in [-0.3, -0.25) is 14.6 Å². The number of hydrogen-bond donors (Lipinski definition) is 2. The predicted molar refractivity (Wildman–Crippen MR) is 160 cm³/mol. The normalized spacial score (nSPS) is 13.8. The van der Waals surface area contributed by atoms with Crippen LogP contribution in [0.1, 0.15) is 65.8 Å². The molecule has 0 aliphatic heterocycles. The summed E-state index contributed by atoms with van der Waals surface area (Å²) in [5, 5.41) is 6.37. The van der Waals surface area contributed by atoms with Crippen LogP contribution in [0.25, 0.3) is 6.08 Å². The van der Waals surface area contributed by atoms with E-state index in [0.29, 0.717) is 40.7 Å². The lowest BCUT2D eigenvalue weighted by Crippen LogP contribution is -2.50. The van der Waals surface area contributed by atoms with Crippen LogP contribution in [0, 0.1) is 5.92 Å². The number of nitrogens with zero attached hydrogens (tertiary/aromatic N) is 2. The Labute approximate surface area is 253 Å². The number of methoxy groups -OCH3 is 1. The van der Waals surface area contributed by atoms with Crippen LogP contribution in [0.3, 0.4) is 0 Å². The fourth-order valence-electron chi connectivity index (χ4n) is 3.74. The molecule has 1 saturated carbocycles. The molecular formula is C30H33ClN4O6S. The second-order valence-electron chi connectivity index (χ2n) is 10.3. The summed E-state index contributed by atoms with van der Waals surface area (Å²) in [7, 11) is 1.24. The molecule has 1 atom stereocenters. The summed E-state index contributed by atoms with van der Waals surface area (Å²) in [4.78, 5) is 46.7. The van der Waals surface area contributed by atoms with Crippen molar-refractivity contribution in [3.63, 3.8) is 0 Å². The van der Waals surface area contributed by atoms with E-state index in [-0.39, 0.29) is 23.2 Å². The van der Waals surface area contributed by atoms with Gasteiger partial charge in [-0.15, -0.1) is 0 Å². The lowest BCUT2D eigenvalue weighted by Gasteiger charge is -2.22. The number of hydrogen-bond acceptors (Lipinski definition) is 9. The summed E-state index contributed by atoms with van der Waals surface area (Å²) in [5.41, 5.74) is -1.00. The van der Waals surface area contributed by atoms with Crippen molar-refractivity contribution in [2.24, 2.45) is 5.92 Å². The Balaban J connectivity index is 1.33. The standard InChI is InChI=1S/C30H33ClN4O6S/c1-5-20(34-26(36)19-12-13-32-24(14-19)27(37)35-30(2,3)28(38)39-4)8-10-22-16-33-29(42-22)41-25-11-9-21(15-23(25)31)40-17-18-6-7-18/h8-16,18,20H,5-7,17H2,1-4H3,(H,34,36)(H,35,37)/b10-8+/t20-/m0/s1. The summed E-state index contributed by atoms with van der Waals surface area (Å²) >= 11 is 7.72. The van der Waals surface area contributed by atoms with Gasteiger partial charge in [0.05, 0.1) is 23.6 Å². The zero-order chi connectivity index (χ0) is 30.3. The van der Waals surface area contributed by atoms with Crippen LogP contribution in [-0.4, -0.2) is 53.0 Å². The first-order valence-corrected chi connectivity index (χ1v) is 14.7. The van der Waals surface area contributed by atoms with E-state index in [1.54, 1.807) is 18.3 Å². The van der Waals surface area contributed by atoms with Crippen molar-refractivity contribution in [3.05, 3.63) is 70.0 Å². The highest BCUT2D eigenvalue weighted by molar-refractivity contribution is 7.14. The molecule has 1 aromatic carbocycles. The quantitative estimate of drug-likeness (QED) is 0.236. The molecule has 3 aromatic rings. The molecule has 0 bridgehead atoms. The number of ether oxygens (including phenoxy) is 3. The Morgan fingerprint density at radius 3 is 2.64 bits per heavy atom. The molecule has 1 fully saturated rings. The largest absolute Gasteiger partial charge is 0.493 e. The number of thiazole rings is 1. The highest BCUT2D eigenvalue weighted by Crippen LogP contribution is 2.35. The molecule has 0 spiro atoms. The van der Waals surface area contributed by atoms with Crippen molar-refractivity contribution in [1.29, 1.82) is 0 Å². The van der Waals surface area contributed by atoms with Crippen molar-refractivity contribution < 1.29 is 28.6 Å². The Kier molecular flexibility index (Phi) is 10.2. The number of benzene rings is 1. The summed E-state index contributed by atoms with van der Waals surface area (Å²) in [6, 6.07) is 7.93. The third-order valence-corrected chi connectivity index (χ3v) is 7.55. The van der Waals surface area contributed by atoms with E-state index >= 15 is 0 Å². The smallest absolute Gasteiger partial charge is 0.330 e. The molecule has 1 aliphatic rings. The van der Waals surface area contributed by atoms with Gasteiger partial charge in [0.15, 0.2) is 0 Å². The number of amides is 2. The zero-order valence-corrected chi connectivity index (χ0v) is 25.4. The molecule has 222 valence electrons. The summed E-state index contributed by atoms with van der Waals surface area (Å²) in [6.45, 7) is 5.68. The van der Waals surface area contributed by atoms with Gasteiger partial charge < -0.3 is 24.8 Å². The topological polar surface area (TPSA) is 129 Å². The number of aromatic nitrogens is 2. The van der Waals surface area contributed by atoms with E-state index in [1.807, 2.05) is 25.1 Å². The number of carbonyl (C=O) groups is 3. The Morgan fingerprint density at radius 2 is 1.95 bits per heavy atom. The van der Waals surface area contributed by atoms with Gasteiger partial charge in [-0.05, 0) is 69.4 Å². The predicted octanol–water partition coefficient (Wildman–Crippen LogP) is 5.68. The first-order chi connectivity index (χ1) is 20.1. The fourth-order valence-corrected chi connectivity index (χ4v) is 4.64. The average molecular weight is 613 g/mol. The Morgan fingerprint density at radius 1 is 1.17 bits per heavy atom. The minimum atomic E-state index is -1.26. The lowest BCUT2D eigenvalue weighted by molar-refractivity contribution is -0.146. The van der Waals surface area contributed by atoms with Gasteiger partial charge in [-0.2, -0.15) is 0 Å². The summed E-state index contributed by atoms with van der Waals surface area (Å²) < 4.78 is 16.3. The van der Waals surface area contributed by atoms with E-state index in [0.717, 1.165) is 4.88 Å². The number of pyridine rings is 1. The van der Waals surface area contributed by atoms with E-state index in [9.17, 15) is 14.4 Å². The zero-order valence-electron chi connectivity index (χ0n) is 23.8. The van der Waals surface area contributed by atoms with Crippen LogP contribution in [0.15, 0.2) is 48.8 Å². The monoisotopic (exact) mass is 612 g/mol. The molecule has 1 aliphatic carbocycles. The minimum Gasteiger partial charge on any atom is -0.493 e. The number of nitrogens with one attached hydrogen (secondary N) is 2. The molecule has 0 saturated heterocycles. The number of carbonyl (C=O) groups excluding carboxylic acids is 3.